The second-order valence-corrected chi connectivity index (χ2v) is 6.08. The van der Waals surface area contributed by atoms with Crippen molar-refractivity contribution in [2.24, 2.45) is 0 Å². The van der Waals surface area contributed by atoms with E-state index in [1.54, 1.807) is 0 Å². The maximum atomic E-state index is 9.82. The number of hydrogen-bond donors (Lipinski definition) is 3. The summed E-state index contributed by atoms with van der Waals surface area (Å²) in [7, 11) is 0. The van der Waals surface area contributed by atoms with Gasteiger partial charge < -0.3 is 20.3 Å². The van der Waals surface area contributed by atoms with Crippen LogP contribution in [0.25, 0.3) is 0 Å². The highest BCUT2D eigenvalue weighted by Gasteiger charge is 2.04. The van der Waals surface area contributed by atoms with Crippen molar-refractivity contribution in [3.8, 4) is 5.75 Å². The average molecular weight is 313 g/mol. The first-order chi connectivity index (χ1) is 10.3. The number of aliphatic hydroxyl groups excluding tert-OH is 2. The standard InChI is InChI=1S/C16H27NO3S/c1-2-14-4-6-16(7-5-14)20-13-15(19)12-17-8-11-21-10-3-9-18/h4-7,15,17-19H,2-3,8-13H2,1H3. The molecule has 4 nitrogen and oxygen atoms in total. The van der Waals surface area contributed by atoms with Gasteiger partial charge in [-0.15, -0.1) is 0 Å². The zero-order chi connectivity index (χ0) is 15.3. The maximum Gasteiger partial charge on any atom is 0.119 e. The van der Waals surface area contributed by atoms with Gasteiger partial charge in [0.25, 0.3) is 0 Å². The lowest BCUT2D eigenvalue weighted by Gasteiger charge is -2.13. The summed E-state index contributed by atoms with van der Waals surface area (Å²) in [4.78, 5) is 0. The van der Waals surface area contributed by atoms with Crippen LogP contribution in [0.2, 0.25) is 0 Å². The quantitative estimate of drug-likeness (QED) is 0.513. The third-order valence-corrected chi connectivity index (χ3v) is 4.09. The number of nitrogens with one attached hydrogen (secondary N) is 1. The molecule has 1 aromatic carbocycles. The van der Waals surface area contributed by atoms with E-state index in [0.717, 1.165) is 36.6 Å². The van der Waals surface area contributed by atoms with Crippen LogP contribution >= 0.6 is 11.8 Å². The van der Waals surface area contributed by atoms with Gasteiger partial charge in [-0.2, -0.15) is 11.8 Å². The molecule has 0 spiro atoms. The number of thioether (sulfide) groups is 1. The van der Waals surface area contributed by atoms with Crippen LogP contribution in [0, 0.1) is 0 Å². The van der Waals surface area contributed by atoms with Crippen LogP contribution in [0.3, 0.4) is 0 Å². The molecular weight excluding hydrogens is 286 g/mol. The summed E-state index contributed by atoms with van der Waals surface area (Å²) in [6.07, 6.45) is 1.36. The zero-order valence-electron chi connectivity index (χ0n) is 12.8. The second-order valence-electron chi connectivity index (χ2n) is 4.86. The fraction of sp³-hybridized carbons (Fsp3) is 0.625. The number of aliphatic hydroxyl groups is 2. The lowest BCUT2D eigenvalue weighted by atomic mass is 10.2. The van der Waals surface area contributed by atoms with E-state index in [0.29, 0.717) is 13.2 Å². The Bertz CT molecular complexity index is 359. The molecule has 0 aliphatic heterocycles. The van der Waals surface area contributed by atoms with Crippen LogP contribution < -0.4 is 10.1 Å². The summed E-state index contributed by atoms with van der Waals surface area (Å²) in [6.45, 7) is 4.07. The van der Waals surface area contributed by atoms with E-state index in [9.17, 15) is 5.11 Å². The lowest BCUT2D eigenvalue weighted by molar-refractivity contribution is 0.107. The van der Waals surface area contributed by atoms with Gasteiger partial charge in [-0.3, -0.25) is 0 Å². The van der Waals surface area contributed by atoms with Crippen LogP contribution in [-0.2, 0) is 6.42 Å². The fourth-order valence-corrected chi connectivity index (χ4v) is 2.58. The van der Waals surface area contributed by atoms with Gasteiger partial charge in [-0.1, -0.05) is 19.1 Å². The molecule has 1 rings (SSSR count). The van der Waals surface area contributed by atoms with E-state index in [4.69, 9.17) is 9.84 Å². The summed E-state index contributed by atoms with van der Waals surface area (Å²) in [5.74, 6) is 2.77. The highest BCUT2D eigenvalue weighted by Crippen LogP contribution is 2.12. The first-order valence-corrected chi connectivity index (χ1v) is 8.70. The molecule has 0 aromatic heterocycles. The Balaban J connectivity index is 2.03. The van der Waals surface area contributed by atoms with Gasteiger partial charge in [0.15, 0.2) is 0 Å². The van der Waals surface area contributed by atoms with Crippen LogP contribution in [0.1, 0.15) is 18.9 Å². The zero-order valence-corrected chi connectivity index (χ0v) is 13.6. The smallest absolute Gasteiger partial charge is 0.119 e. The molecule has 0 saturated carbocycles. The topological polar surface area (TPSA) is 61.7 Å². The Morgan fingerprint density at radius 1 is 1.24 bits per heavy atom. The van der Waals surface area contributed by atoms with E-state index < -0.39 is 6.10 Å². The number of ether oxygens (including phenoxy) is 1. The molecular formula is C16H27NO3S. The van der Waals surface area contributed by atoms with E-state index >= 15 is 0 Å². The molecule has 1 aromatic rings. The summed E-state index contributed by atoms with van der Waals surface area (Å²) < 4.78 is 5.55. The van der Waals surface area contributed by atoms with E-state index in [1.807, 2.05) is 36.0 Å². The molecule has 0 aliphatic carbocycles. The van der Waals surface area contributed by atoms with Crippen molar-refractivity contribution in [2.45, 2.75) is 25.9 Å². The molecule has 0 saturated heterocycles. The second kappa shape index (κ2) is 11.9. The van der Waals surface area contributed by atoms with Crippen LogP contribution in [-0.4, -0.2) is 54.1 Å². The fourth-order valence-electron chi connectivity index (χ4n) is 1.75. The van der Waals surface area contributed by atoms with Crippen molar-refractivity contribution in [3.63, 3.8) is 0 Å². The minimum Gasteiger partial charge on any atom is -0.491 e. The molecule has 21 heavy (non-hydrogen) atoms. The number of hydrogen-bond acceptors (Lipinski definition) is 5. The van der Waals surface area contributed by atoms with Crippen LogP contribution in [0.5, 0.6) is 5.75 Å². The van der Waals surface area contributed by atoms with Gasteiger partial charge in [-0.25, -0.2) is 0 Å². The summed E-state index contributed by atoms with van der Waals surface area (Å²) in [5, 5.41) is 21.7. The van der Waals surface area contributed by atoms with Gasteiger partial charge in [0.1, 0.15) is 18.5 Å². The highest BCUT2D eigenvalue weighted by atomic mass is 32.2. The summed E-state index contributed by atoms with van der Waals surface area (Å²) >= 11 is 1.81. The Hall–Kier alpha value is -0.750. The van der Waals surface area contributed by atoms with E-state index in [2.05, 4.69) is 12.2 Å². The minimum absolute atomic E-state index is 0.260. The van der Waals surface area contributed by atoms with Gasteiger partial charge in [0.05, 0.1) is 0 Å². The Morgan fingerprint density at radius 3 is 2.67 bits per heavy atom. The van der Waals surface area contributed by atoms with Crippen molar-refractivity contribution < 1.29 is 14.9 Å². The highest BCUT2D eigenvalue weighted by molar-refractivity contribution is 7.99. The van der Waals surface area contributed by atoms with Crippen molar-refractivity contribution in [3.05, 3.63) is 29.8 Å². The van der Waals surface area contributed by atoms with Crippen LogP contribution in [0.4, 0.5) is 0 Å². The van der Waals surface area contributed by atoms with Crippen molar-refractivity contribution in [1.82, 2.24) is 5.32 Å². The maximum absolute atomic E-state index is 9.82. The number of rotatable bonds is 12. The summed E-state index contributed by atoms with van der Waals surface area (Å²) in [6, 6.07) is 7.97. The van der Waals surface area contributed by atoms with Gasteiger partial charge >= 0.3 is 0 Å². The first-order valence-electron chi connectivity index (χ1n) is 7.55. The Kier molecular flexibility index (Phi) is 10.3. The van der Waals surface area contributed by atoms with Crippen molar-refractivity contribution in [2.75, 3.05) is 37.8 Å². The number of benzene rings is 1. The minimum atomic E-state index is -0.502. The van der Waals surface area contributed by atoms with Crippen molar-refractivity contribution >= 4 is 11.8 Å². The molecule has 0 radical (unpaired) electrons. The molecule has 1 atom stereocenters. The Labute approximate surface area is 131 Å². The van der Waals surface area contributed by atoms with Gasteiger partial charge in [0.2, 0.25) is 0 Å². The molecule has 0 aliphatic rings. The monoisotopic (exact) mass is 313 g/mol. The SMILES string of the molecule is CCc1ccc(OCC(O)CNCCSCCCO)cc1. The van der Waals surface area contributed by atoms with Crippen LogP contribution in [0.15, 0.2) is 24.3 Å². The molecule has 0 bridgehead atoms. The first kappa shape index (κ1) is 18.3. The summed E-state index contributed by atoms with van der Waals surface area (Å²) in [5.41, 5.74) is 1.28. The van der Waals surface area contributed by atoms with E-state index in [-0.39, 0.29) is 6.61 Å². The normalized spacial score (nSPS) is 12.3. The largest absolute Gasteiger partial charge is 0.491 e. The molecule has 0 amide bonds. The Morgan fingerprint density at radius 2 is 2.00 bits per heavy atom. The average Bonchev–Trinajstić information content (AvgIpc) is 2.52. The molecule has 120 valence electrons. The predicted molar refractivity (Wildman–Crippen MR) is 89.2 cm³/mol. The third kappa shape index (κ3) is 8.98. The van der Waals surface area contributed by atoms with E-state index in [1.165, 1.54) is 5.56 Å². The molecule has 0 fully saturated rings. The predicted octanol–water partition coefficient (Wildman–Crippen LogP) is 1.69. The number of aryl methyl sites for hydroxylation is 1. The third-order valence-electron chi connectivity index (χ3n) is 3.02. The molecule has 3 N–H and O–H groups in total. The molecule has 0 heterocycles. The van der Waals surface area contributed by atoms with Gasteiger partial charge in [-0.05, 0) is 36.3 Å². The lowest BCUT2D eigenvalue weighted by Crippen LogP contribution is -2.32. The van der Waals surface area contributed by atoms with Gasteiger partial charge in [0, 0.05) is 25.4 Å². The molecule has 5 heteroatoms. The molecule has 1 unspecified atom stereocenters. The van der Waals surface area contributed by atoms with Crippen molar-refractivity contribution in [1.29, 1.82) is 0 Å².